The number of para-hydroxylation sites is 1. The Labute approximate surface area is 365 Å². The van der Waals surface area contributed by atoms with E-state index in [2.05, 4.69) is 230 Å². The third-order valence-corrected chi connectivity index (χ3v) is 14.7. The lowest BCUT2D eigenvalue weighted by molar-refractivity contribution is 0.660. The fourth-order valence-electron chi connectivity index (χ4n) is 10.6. The van der Waals surface area contributed by atoms with Crippen LogP contribution in [-0.2, 0) is 5.41 Å². The van der Waals surface area contributed by atoms with Gasteiger partial charge in [0, 0.05) is 59.3 Å². The predicted molar refractivity (Wildman–Crippen MR) is 266 cm³/mol. The second kappa shape index (κ2) is 13.3. The summed E-state index contributed by atoms with van der Waals surface area (Å²) in [5.74, 6) is 0. The van der Waals surface area contributed by atoms with E-state index in [-0.39, 0.29) is 5.41 Å². The standard InChI is InChI=1S/C59H40N2S/c1-59(2)51-20-10-8-18-46(51)47-30-28-44(36-52(47)59)61-53-21-12-14-39-33-40(34-50(57(39)53)58-45-17-7-6-13-38(45)25-31-54(58)61)37-23-26-42(27-24-37)60(41-15-4-3-5-16-41)43-29-32-56-49(35-43)48-19-9-11-22-55(48)62-56/h3-36H,1-2H3. The van der Waals surface area contributed by atoms with E-state index in [1.165, 1.54) is 103 Å². The third-order valence-electron chi connectivity index (χ3n) is 13.5. The van der Waals surface area contributed by atoms with Crippen molar-refractivity contribution >= 4 is 87.2 Å². The normalized spacial score (nSPS) is 13.4. The first-order valence-electron chi connectivity index (χ1n) is 21.5. The first kappa shape index (κ1) is 35.3. The van der Waals surface area contributed by atoms with E-state index in [9.17, 15) is 0 Å². The predicted octanol–water partition coefficient (Wildman–Crippen LogP) is 17.3. The van der Waals surface area contributed by atoms with E-state index in [0.717, 1.165) is 17.1 Å². The molecule has 1 aliphatic heterocycles. The van der Waals surface area contributed by atoms with Crippen molar-refractivity contribution in [2.75, 3.05) is 9.80 Å². The number of benzene rings is 10. The van der Waals surface area contributed by atoms with Crippen LogP contribution in [0.15, 0.2) is 206 Å². The molecule has 0 bridgehead atoms. The van der Waals surface area contributed by atoms with Gasteiger partial charge >= 0.3 is 0 Å². The summed E-state index contributed by atoms with van der Waals surface area (Å²) in [6.07, 6.45) is 0. The second-order valence-corrected chi connectivity index (χ2v) is 18.4. The fourth-order valence-corrected chi connectivity index (χ4v) is 11.7. The first-order chi connectivity index (χ1) is 30.5. The highest BCUT2D eigenvalue weighted by atomic mass is 32.1. The molecule has 0 saturated carbocycles. The number of rotatable bonds is 5. The molecule has 13 rings (SSSR count). The van der Waals surface area contributed by atoms with E-state index in [1.54, 1.807) is 0 Å². The lowest BCUT2D eigenvalue weighted by Crippen LogP contribution is -2.18. The highest BCUT2D eigenvalue weighted by Crippen LogP contribution is 2.56. The molecule has 3 heteroatoms. The molecule has 2 aliphatic rings. The molecule has 292 valence electrons. The average molecular weight is 809 g/mol. The average Bonchev–Trinajstić information content (AvgIpc) is 3.80. The number of fused-ring (bicyclic) bond motifs is 10. The van der Waals surface area contributed by atoms with Crippen LogP contribution in [0.4, 0.5) is 34.1 Å². The Balaban J connectivity index is 0.960. The number of nitrogens with zero attached hydrogens (tertiary/aromatic N) is 2. The Hall–Kier alpha value is -7.46. The summed E-state index contributed by atoms with van der Waals surface area (Å²) in [6.45, 7) is 4.74. The van der Waals surface area contributed by atoms with Crippen molar-refractivity contribution in [2.45, 2.75) is 19.3 Å². The Morgan fingerprint density at radius 2 is 1.13 bits per heavy atom. The van der Waals surface area contributed by atoms with E-state index in [4.69, 9.17) is 0 Å². The van der Waals surface area contributed by atoms with Crippen LogP contribution in [0.5, 0.6) is 0 Å². The lowest BCUT2D eigenvalue weighted by atomic mass is 9.82. The summed E-state index contributed by atoms with van der Waals surface area (Å²) in [7, 11) is 0. The van der Waals surface area contributed by atoms with Crippen molar-refractivity contribution in [3.05, 3.63) is 217 Å². The quantitative estimate of drug-likeness (QED) is 0.171. The van der Waals surface area contributed by atoms with E-state index in [0.29, 0.717) is 0 Å². The lowest BCUT2D eigenvalue weighted by Gasteiger charge is -2.35. The second-order valence-electron chi connectivity index (χ2n) is 17.3. The van der Waals surface area contributed by atoms with Gasteiger partial charge in [0.1, 0.15) is 0 Å². The summed E-state index contributed by atoms with van der Waals surface area (Å²) in [5.41, 5.74) is 17.3. The monoisotopic (exact) mass is 808 g/mol. The van der Waals surface area contributed by atoms with Crippen LogP contribution in [0.1, 0.15) is 25.0 Å². The van der Waals surface area contributed by atoms with Gasteiger partial charge in [0.15, 0.2) is 0 Å². The zero-order valence-electron chi connectivity index (χ0n) is 34.4. The molecule has 0 fully saturated rings. The minimum Gasteiger partial charge on any atom is -0.310 e. The molecule has 1 aliphatic carbocycles. The molecule has 10 aromatic carbocycles. The highest BCUT2D eigenvalue weighted by molar-refractivity contribution is 7.25. The van der Waals surface area contributed by atoms with E-state index < -0.39 is 0 Å². The molecular formula is C59H40N2S. The fraction of sp³-hybridized carbons (Fsp3) is 0.0508. The van der Waals surface area contributed by atoms with Gasteiger partial charge in [-0.15, -0.1) is 11.3 Å². The van der Waals surface area contributed by atoms with Gasteiger partial charge in [-0.3, -0.25) is 0 Å². The maximum absolute atomic E-state index is 2.51. The molecular weight excluding hydrogens is 769 g/mol. The summed E-state index contributed by atoms with van der Waals surface area (Å²) in [4.78, 5) is 4.89. The minimum atomic E-state index is -0.0943. The topological polar surface area (TPSA) is 6.48 Å². The molecule has 62 heavy (non-hydrogen) atoms. The smallest absolute Gasteiger partial charge is 0.0547 e. The van der Waals surface area contributed by atoms with E-state index >= 15 is 0 Å². The third kappa shape index (κ3) is 5.16. The Bertz CT molecular complexity index is 3620. The molecule has 0 N–H and O–H groups in total. The Kier molecular flexibility index (Phi) is 7.56. The molecule has 2 heterocycles. The largest absolute Gasteiger partial charge is 0.310 e. The van der Waals surface area contributed by atoms with Gasteiger partial charge in [0.2, 0.25) is 0 Å². The Morgan fingerprint density at radius 1 is 0.419 bits per heavy atom. The van der Waals surface area contributed by atoms with Gasteiger partial charge in [-0.2, -0.15) is 0 Å². The van der Waals surface area contributed by atoms with Crippen LogP contribution < -0.4 is 9.80 Å². The molecule has 0 atom stereocenters. The van der Waals surface area contributed by atoms with Crippen molar-refractivity contribution in [2.24, 2.45) is 0 Å². The van der Waals surface area contributed by atoms with Gasteiger partial charge in [-0.1, -0.05) is 135 Å². The zero-order valence-corrected chi connectivity index (χ0v) is 35.2. The van der Waals surface area contributed by atoms with Crippen LogP contribution >= 0.6 is 11.3 Å². The van der Waals surface area contributed by atoms with Crippen LogP contribution in [0.2, 0.25) is 0 Å². The van der Waals surface area contributed by atoms with Gasteiger partial charge in [0.05, 0.1) is 11.4 Å². The molecule has 1 aromatic heterocycles. The van der Waals surface area contributed by atoms with Crippen molar-refractivity contribution in [3.63, 3.8) is 0 Å². The molecule has 0 amide bonds. The van der Waals surface area contributed by atoms with Crippen LogP contribution in [0.3, 0.4) is 0 Å². The molecule has 2 nitrogen and oxygen atoms in total. The van der Waals surface area contributed by atoms with Gasteiger partial charge in [-0.25, -0.2) is 0 Å². The van der Waals surface area contributed by atoms with Crippen molar-refractivity contribution in [1.82, 2.24) is 0 Å². The molecule has 0 spiro atoms. The van der Waals surface area contributed by atoms with Gasteiger partial charge < -0.3 is 9.80 Å². The van der Waals surface area contributed by atoms with Gasteiger partial charge in [-0.05, 0) is 140 Å². The molecule has 0 saturated heterocycles. The summed E-state index contributed by atoms with van der Waals surface area (Å²) < 4.78 is 2.63. The maximum Gasteiger partial charge on any atom is 0.0547 e. The maximum atomic E-state index is 2.51. The summed E-state index contributed by atoms with van der Waals surface area (Å²) in [6, 6.07) is 76.7. The van der Waals surface area contributed by atoms with Crippen LogP contribution in [0.25, 0.3) is 75.1 Å². The Morgan fingerprint density at radius 3 is 2.02 bits per heavy atom. The van der Waals surface area contributed by atoms with Crippen molar-refractivity contribution < 1.29 is 0 Å². The minimum absolute atomic E-state index is 0.0943. The summed E-state index contributed by atoms with van der Waals surface area (Å²) >= 11 is 1.86. The van der Waals surface area contributed by atoms with Crippen molar-refractivity contribution in [1.29, 1.82) is 0 Å². The number of hydrogen-bond donors (Lipinski definition) is 0. The number of hydrogen-bond acceptors (Lipinski definition) is 3. The van der Waals surface area contributed by atoms with Crippen molar-refractivity contribution in [3.8, 4) is 33.4 Å². The highest BCUT2D eigenvalue weighted by Gasteiger charge is 2.36. The van der Waals surface area contributed by atoms with Crippen LogP contribution in [-0.4, -0.2) is 0 Å². The van der Waals surface area contributed by atoms with Gasteiger partial charge in [0.25, 0.3) is 0 Å². The molecule has 0 unspecified atom stereocenters. The number of anilines is 6. The first-order valence-corrected chi connectivity index (χ1v) is 22.3. The molecule has 11 aromatic rings. The van der Waals surface area contributed by atoms with Crippen LogP contribution in [0, 0.1) is 0 Å². The molecule has 0 radical (unpaired) electrons. The van der Waals surface area contributed by atoms with E-state index in [1.807, 2.05) is 11.3 Å². The summed E-state index contributed by atoms with van der Waals surface area (Å²) in [5, 5.41) is 7.63. The zero-order chi connectivity index (χ0) is 41.1. The SMILES string of the molecule is CC1(C)c2ccccc2-c2ccc(N3c4ccc5ccccc5c4-c4cc(-c5ccc(N(c6ccccc6)c6ccc7sc8ccccc8c7c6)cc5)cc5cccc3c45)cc21. The number of thiophene rings is 1.